The minimum absolute atomic E-state index is 0.0748. The lowest BCUT2D eigenvalue weighted by Crippen LogP contribution is -2.47. The molecule has 1 N–H and O–H groups in total. The first-order chi connectivity index (χ1) is 15.1. The highest BCUT2D eigenvalue weighted by Crippen LogP contribution is 2.32. The lowest BCUT2D eigenvalue weighted by molar-refractivity contribution is -0.190. The van der Waals surface area contributed by atoms with Crippen molar-refractivity contribution < 1.29 is 23.9 Å². The molecule has 31 heavy (non-hydrogen) atoms. The van der Waals surface area contributed by atoms with Gasteiger partial charge in [0, 0.05) is 12.8 Å². The van der Waals surface area contributed by atoms with Gasteiger partial charge in [-0.25, -0.2) is 0 Å². The molecule has 0 radical (unpaired) electrons. The third-order valence-corrected chi connectivity index (χ3v) is 5.86. The van der Waals surface area contributed by atoms with E-state index in [4.69, 9.17) is 15.9 Å². The fraction of sp³-hybridized carbons (Fsp3) is 0.800. The summed E-state index contributed by atoms with van der Waals surface area (Å²) in [5.41, 5.74) is 0. The molecule has 1 amide bonds. The van der Waals surface area contributed by atoms with Gasteiger partial charge in [-0.2, -0.15) is 0 Å². The highest BCUT2D eigenvalue weighted by molar-refractivity contribution is 5.78. The van der Waals surface area contributed by atoms with Crippen LogP contribution in [0, 0.1) is 18.3 Å². The van der Waals surface area contributed by atoms with Gasteiger partial charge in [0.15, 0.2) is 0 Å². The Labute approximate surface area is 188 Å². The minimum atomic E-state index is -0.448. The van der Waals surface area contributed by atoms with Gasteiger partial charge in [-0.3, -0.25) is 14.4 Å². The Hall–Kier alpha value is -2.03. The summed E-state index contributed by atoms with van der Waals surface area (Å²) in [5.74, 6) is 2.02. The highest BCUT2D eigenvalue weighted by atomic mass is 16.6. The summed E-state index contributed by atoms with van der Waals surface area (Å²) in [6.07, 6.45) is 20.7. The SMILES string of the molecule is C#CCCCCCCCCC[C@@H](C[C@@H]1OC(=O)[C@H]1CCCCCC)OC(=O)CNC=O. The maximum Gasteiger partial charge on any atom is 0.325 e. The first kappa shape index (κ1) is 27.0. The number of terminal acetylenes is 1. The van der Waals surface area contributed by atoms with Crippen molar-refractivity contribution >= 4 is 18.3 Å². The van der Waals surface area contributed by atoms with E-state index in [1.165, 1.54) is 25.7 Å². The predicted octanol–water partition coefficient (Wildman–Crippen LogP) is 4.69. The van der Waals surface area contributed by atoms with E-state index >= 15 is 0 Å². The van der Waals surface area contributed by atoms with Crippen LogP contribution in [0.3, 0.4) is 0 Å². The van der Waals surface area contributed by atoms with Gasteiger partial charge in [-0.15, -0.1) is 12.3 Å². The molecule has 0 spiro atoms. The third kappa shape index (κ3) is 12.4. The molecule has 176 valence electrons. The number of hydrogen-bond donors (Lipinski definition) is 1. The number of carbonyl (C=O) groups excluding carboxylic acids is 3. The zero-order valence-corrected chi connectivity index (χ0v) is 19.2. The van der Waals surface area contributed by atoms with Crippen molar-refractivity contribution in [3.63, 3.8) is 0 Å². The molecule has 0 unspecified atom stereocenters. The number of rotatable bonds is 20. The first-order valence-electron chi connectivity index (χ1n) is 12.1. The Bertz CT molecular complexity index is 557. The van der Waals surface area contributed by atoms with Gasteiger partial charge < -0.3 is 14.8 Å². The van der Waals surface area contributed by atoms with Crippen LogP contribution in [-0.4, -0.2) is 37.1 Å². The van der Waals surface area contributed by atoms with Crippen molar-refractivity contribution in [3.05, 3.63) is 0 Å². The molecule has 3 atom stereocenters. The van der Waals surface area contributed by atoms with Crippen molar-refractivity contribution in [1.29, 1.82) is 0 Å². The van der Waals surface area contributed by atoms with E-state index in [-0.39, 0.29) is 30.6 Å². The second-order valence-electron chi connectivity index (χ2n) is 8.50. The van der Waals surface area contributed by atoms with Crippen LogP contribution in [0.5, 0.6) is 0 Å². The quantitative estimate of drug-likeness (QED) is 0.130. The number of carbonyl (C=O) groups is 3. The van der Waals surface area contributed by atoms with Crippen molar-refractivity contribution in [2.45, 2.75) is 115 Å². The maximum absolute atomic E-state index is 12.0. The zero-order valence-electron chi connectivity index (χ0n) is 19.2. The molecular weight excluding hydrogens is 394 g/mol. The van der Waals surface area contributed by atoms with E-state index in [0.29, 0.717) is 12.8 Å². The van der Waals surface area contributed by atoms with E-state index in [0.717, 1.165) is 64.2 Å². The highest BCUT2D eigenvalue weighted by Gasteiger charge is 2.43. The fourth-order valence-corrected chi connectivity index (χ4v) is 4.02. The second kappa shape index (κ2) is 17.6. The van der Waals surface area contributed by atoms with Crippen LogP contribution in [0.25, 0.3) is 0 Å². The summed E-state index contributed by atoms with van der Waals surface area (Å²) in [4.78, 5) is 34.3. The fourth-order valence-electron chi connectivity index (χ4n) is 4.02. The molecule has 0 aliphatic carbocycles. The molecule has 0 bridgehead atoms. The molecule has 1 aliphatic rings. The number of ether oxygens (including phenoxy) is 2. The Kier molecular flexibility index (Phi) is 15.4. The van der Waals surface area contributed by atoms with E-state index in [1.807, 2.05) is 0 Å². The van der Waals surface area contributed by atoms with Crippen molar-refractivity contribution in [1.82, 2.24) is 5.32 Å². The zero-order chi connectivity index (χ0) is 22.7. The second-order valence-corrected chi connectivity index (χ2v) is 8.50. The average molecular weight is 436 g/mol. The number of hydrogen-bond acceptors (Lipinski definition) is 5. The molecule has 1 fully saturated rings. The van der Waals surface area contributed by atoms with E-state index in [9.17, 15) is 14.4 Å². The summed E-state index contributed by atoms with van der Waals surface area (Å²) in [6, 6.07) is 0. The summed E-state index contributed by atoms with van der Waals surface area (Å²) in [7, 11) is 0. The third-order valence-electron chi connectivity index (χ3n) is 5.86. The van der Waals surface area contributed by atoms with Crippen LogP contribution in [0.1, 0.15) is 103 Å². The Balaban J connectivity index is 2.37. The summed E-state index contributed by atoms with van der Waals surface area (Å²) >= 11 is 0. The van der Waals surface area contributed by atoms with Gasteiger partial charge in [0.1, 0.15) is 18.8 Å². The molecule has 1 heterocycles. The summed E-state index contributed by atoms with van der Waals surface area (Å²) in [6.45, 7) is 2.03. The van der Waals surface area contributed by atoms with E-state index in [1.54, 1.807) is 0 Å². The average Bonchev–Trinajstić information content (AvgIpc) is 2.75. The van der Waals surface area contributed by atoms with E-state index in [2.05, 4.69) is 18.2 Å². The van der Waals surface area contributed by atoms with Crippen LogP contribution in [0.2, 0.25) is 0 Å². The maximum atomic E-state index is 12.0. The number of cyclic esters (lactones) is 1. The summed E-state index contributed by atoms with van der Waals surface area (Å²) in [5, 5.41) is 2.34. The molecular formula is C25H41NO5. The molecule has 6 heteroatoms. The Morgan fingerprint density at radius 2 is 1.81 bits per heavy atom. The number of esters is 2. The lowest BCUT2D eigenvalue weighted by Gasteiger charge is -2.37. The smallest absolute Gasteiger partial charge is 0.325 e. The lowest BCUT2D eigenvalue weighted by atomic mass is 9.86. The Morgan fingerprint density at radius 3 is 2.45 bits per heavy atom. The summed E-state index contributed by atoms with van der Waals surface area (Å²) < 4.78 is 11.0. The van der Waals surface area contributed by atoms with Gasteiger partial charge in [0.05, 0.1) is 5.92 Å². The molecule has 1 rings (SSSR count). The number of amides is 1. The number of nitrogens with one attached hydrogen (secondary N) is 1. The normalized spacial score (nSPS) is 18.4. The van der Waals surface area contributed by atoms with E-state index < -0.39 is 5.97 Å². The van der Waals surface area contributed by atoms with Crippen LogP contribution < -0.4 is 5.32 Å². The molecule has 0 saturated carbocycles. The minimum Gasteiger partial charge on any atom is -0.461 e. The standard InChI is InChI=1S/C25H41NO5/c1-3-5-7-9-10-11-12-13-14-16-21(30-24(28)19-26-20-27)18-23-22(25(29)31-23)17-15-8-6-4-2/h1,20-23H,4-19H2,2H3,(H,26,27)/t21-,22-,23-/m0/s1. The number of unbranched alkanes of at least 4 members (excludes halogenated alkanes) is 10. The van der Waals surface area contributed by atoms with Gasteiger partial charge in [0.2, 0.25) is 6.41 Å². The molecule has 1 aliphatic heterocycles. The topological polar surface area (TPSA) is 81.7 Å². The van der Waals surface area contributed by atoms with Crippen molar-refractivity contribution in [2.75, 3.05) is 6.54 Å². The molecule has 0 aromatic heterocycles. The molecule has 0 aromatic carbocycles. The molecule has 0 aromatic rings. The first-order valence-corrected chi connectivity index (χ1v) is 12.1. The predicted molar refractivity (Wildman–Crippen MR) is 121 cm³/mol. The van der Waals surface area contributed by atoms with Crippen LogP contribution in [-0.2, 0) is 23.9 Å². The van der Waals surface area contributed by atoms with Crippen LogP contribution in [0.4, 0.5) is 0 Å². The largest absolute Gasteiger partial charge is 0.461 e. The monoisotopic (exact) mass is 435 g/mol. The van der Waals surface area contributed by atoms with Gasteiger partial charge in [-0.1, -0.05) is 64.7 Å². The van der Waals surface area contributed by atoms with Crippen LogP contribution in [0.15, 0.2) is 0 Å². The molecule has 1 saturated heterocycles. The van der Waals surface area contributed by atoms with Gasteiger partial charge in [0.25, 0.3) is 0 Å². The van der Waals surface area contributed by atoms with Crippen LogP contribution >= 0.6 is 0 Å². The van der Waals surface area contributed by atoms with Gasteiger partial charge in [-0.05, 0) is 25.7 Å². The van der Waals surface area contributed by atoms with Crippen molar-refractivity contribution in [3.8, 4) is 12.3 Å². The molecule has 6 nitrogen and oxygen atoms in total. The van der Waals surface area contributed by atoms with Gasteiger partial charge >= 0.3 is 11.9 Å². The Morgan fingerprint density at radius 1 is 1.13 bits per heavy atom. The van der Waals surface area contributed by atoms with Crippen molar-refractivity contribution in [2.24, 2.45) is 5.92 Å².